The molecule has 0 aromatic heterocycles. The first kappa shape index (κ1) is 10.8. The highest BCUT2D eigenvalue weighted by atomic mass is 32.1. The van der Waals surface area contributed by atoms with Gasteiger partial charge in [0.2, 0.25) is 0 Å². The predicted molar refractivity (Wildman–Crippen MR) is 60.9 cm³/mol. The molecule has 0 atom stereocenters. The zero-order valence-corrected chi connectivity index (χ0v) is 9.41. The molecule has 13 heavy (non-hydrogen) atoms. The van der Waals surface area contributed by atoms with Crippen molar-refractivity contribution in [2.24, 2.45) is 0 Å². The van der Waals surface area contributed by atoms with Crippen LogP contribution in [0.5, 0.6) is 0 Å². The number of thiocarbonyl (C=S) groups is 1. The van der Waals surface area contributed by atoms with E-state index in [0.29, 0.717) is 12.1 Å². The normalized spacial score (nSPS) is 18.7. The van der Waals surface area contributed by atoms with E-state index in [1.807, 2.05) is 0 Å². The Morgan fingerprint density at radius 2 is 1.85 bits per heavy atom. The van der Waals surface area contributed by atoms with Crippen molar-refractivity contribution in [1.82, 2.24) is 10.6 Å². The quantitative estimate of drug-likeness (QED) is 0.668. The Morgan fingerprint density at radius 1 is 1.23 bits per heavy atom. The molecule has 0 spiro atoms. The third-order valence-electron chi connectivity index (χ3n) is 2.36. The maximum absolute atomic E-state index is 5.19. The number of rotatable bonds is 2. The molecule has 0 radical (unpaired) electrons. The van der Waals surface area contributed by atoms with Crippen LogP contribution in [0, 0.1) is 0 Å². The summed E-state index contributed by atoms with van der Waals surface area (Å²) in [5.74, 6) is 0. The molecule has 1 fully saturated rings. The van der Waals surface area contributed by atoms with Crippen molar-refractivity contribution in [2.75, 3.05) is 0 Å². The number of hydrogen-bond donors (Lipinski definition) is 2. The largest absolute Gasteiger partial charge is 0.361 e. The van der Waals surface area contributed by atoms with Crippen molar-refractivity contribution in [3.05, 3.63) is 0 Å². The van der Waals surface area contributed by atoms with E-state index in [-0.39, 0.29) is 0 Å². The van der Waals surface area contributed by atoms with Gasteiger partial charge in [-0.05, 0) is 38.9 Å². The zero-order chi connectivity index (χ0) is 9.68. The summed E-state index contributed by atoms with van der Waals surface area (Å²) in [6, 6.07) is 1.05. The van der Waals surface area contributed by atoms with Gasteiger partial charge in [-0.1, -0.05) is 19.3 Å². The van der Waals surface area contributed by atoms with Crippen LogP contribution in [-0.4, -0.2) is 17.2 Å². The van der Waals surface area contributed by atoms with E-state index < -0.39 is 0 Å². The Labute approximate surface area is 86.5 Å². The summed E-state index contributed by atoms with van der Waals surface area (Å²) in [5.41, 5.74) is 0. The second kappa shape index (κ2) is 5.43. The molecule has 0 heterocycles. The molecule has 0 aliphatic heterocycles. The molecule has 0 saturated heterocycles. The molecule has 76 valence electrons. The molecular formula is C10H20N2S. The molecule has 0 amide bonds. The summed E-state index contributed by atoms with van der Waals surface area (Å²) in [6.07, 6.45) is 6.65. The van der Waals surface area contributed by atoms with Crippen LogP contribution in [0.2, 0.25) is 0 Å². The Bertz CT molecular complexity index is 162. The van der Waals surface area contributed by atoms with Gasteiger partial charge in [-0.25, -0.2) is 0 Å². The lowest BCUT2D eigenvalue weighted by molar-refractivity contribution is 0.411. The highest BCUT2D eigenvalue weighted by Crippen LogP contribution is 2.17. The van der Waals surface area contributed by atoms with Gasteiger partial charge < -0.3 is 10.6 Å². The Hall–Kier alpha value is -0.310. The summed E-state index contributed by atoms with van der Waals surface area (Å²) in [4.78, 5) is 0. The van der Waals surface area contributed by atoms with E-state index in [1.165, 1.54) is 32.1 Å². The van der Waals surface area contributed by atoms with E-state index in [0.717, 1.165) is 5.11 Å². The van der Waals surface area contributed by atoms with Gasteiger partial charge in [0.25, 0.3) is 0 Å². The molecular weight excluding hydrogens is 180 g/mol. The van der Waals surface area contributed by atoms with E-state index in [1.54, 1.807) is 0 Å². The van der Waals surface area contributed by atoms with Crippen LogP contribution in [0.15, 0.2) is 0 Å². The van der Waals surface area contributed by atoms with Crippen LogP contribution in [0.4, 0.5) is 0 Å². The first-order valence-corrected chi connectivity index (χ1v) is 5.66. The van der Waals surface area contributed by atoms with Crippen LogP contribution in [0.25, 0.3) is 0 Å². The van der Waals surface area contributed by atoms with E-state index in [2.05, 4.69) is 24.5 Å². The Kier molecular flexibility index (Phi) is 4.50. The summed E-state index contributed by atoms with van der Waals surface area (Å²) in [5, 5.41) is 7.40. The average molecular weight is 200 g/mol. The smallest absolute Gasteiger partial charge is 0.166 e. The topological polar surface area (TPSA) is 24.1 Å². The van der Waals surface area contributed by atoms with Gasteiger partial charge in [0.1, 0.15) is 0 Å². The third-order valence-corrected chi connectivity index (χ3v) is 2.60. The highest BCUT2D eigenvalue weighted by molar-refractivity contribution is 7.80. The second-order valence-corrected chi connectivity index (χ2v) is 4.52. The lowest BCUT2D eigenvalue weighted by Crippen LogP contribution is -2.45. The fourth-order valence-corrected chi connectivity index (χ4v) is 2.14. The maximum atomic E-state index is 5.19. The van der Waals surface area contributed by atoms with E-state index in [4.69, 9.17) is 12.2 Å². The van der Waals surface area contributed by atoms with Gasteiger partial charge in [-0.3, -0.25) is 0 Å². The summed E-state index contributed by atoms with van der Waals surface area (Å²) < 4.78 is 0. The van der Waals surface area contributed by atoms with Gasteiger partial charge >= 0.3 is 0 Å². The molecule has 2 nitrogen and oxygen atoms in total. The van der Waals surface area contributed by atoms with Crippen molar-refractivity contribution in [3.8, 4) is 0 Å². The van der Waals surface area contributed by atoms with Crippen LogP contribution >= 0.6 is 12.2 Å². The van der Waals surface area contributed by atoms with Crippen molar-refractivity contribution in [1.29, 1.82) is 0 Å². The average Bonchev–Trinajstić information content (AvgIpc) is 2.04. The number of hydrogen-bond acceptors (Lipinski definition) is 1. The summed E-state index contributed by atoms with van der Waals surface area (Å²) in [7, 11) is 0. The van der Waals surface area contributed by atoms with Crippen molar-refractivity contribution >= 4 is 17.3 Å². The Morgan fingerprint density at radius 3 is 2.38 bits per heavy atom. The monoisotopic (exact) mass is 200 g/mol. The van der Waals surface area contributed by atoms with Gasteiger partial charge in [-0.15, -0.1) is 0 Å². The molecule has 1 aliphatic rings. The number of nitrogens with one attached hydrogen (secondary N) is 2. The zero-order valence-electron chi connectivity index (χ0n) is 8.60. The first-order chi connectivity index (χ1) is 6.18. The van der Waals surface area contributed by atoms with Gasteiger partial charge in [-0.2, -0.15) is 0 Å². The van der Waals surface area contributed by atoms with Crippen LogP contribution in [0.3, 0.4) is 0 Å². The third kappa shape index (κ3) is 4.46. The molecule has 1 aliphatic carbocycles. The predicted octanol–water partition coefficient (Wildman–Crippen LogP) is 2.19. The standard InChI is InChI=1S/C10H20N2S/c1-8(2)11-10(13)12-9-6-4-3-5-7-9/h8-9H,3-7H2,1-2H3,(H2,11,12,13). The van der Waals surface area contributed by atoms with Crippen LogP contribution in [-0.2, 0) is 0 Å². The van der Waals surface area contributed by atoms with Gasteiger partial charge in [0, 0.05) is 12.1 Å². The maximum Gasteiger partial charge on any atom is 0.166 e. The van der Waals surface area contributed by atoms with Gasteiger partial charge in [0.05, 0.1) is 0 Å². The lowest BCUT2D eigenvalue weighted by atomic mass is 9.96. The Balaban J connectivity index is 2.18. The summed E-state index contributed by atoms with van der Waals surface area (Å²) >= 11 is 5.19. The molecule has 0 aromatic carbocycles. The fourth-order valence-electron chi connectivity index (χ4n) is 1.74. The van der Waals surface area contributed by atoms with E-state index >= 15 is 0 Å². The van der Waals surface area contributed by atoms with Gasteiger partial charge in [0.15, 0.2) is 5.11 Å². The van der Waals surface area contributed by atoms with Crippen molar-refractivity contribution < 1.29 is 0 Å². The fraction of sp³-hybridized carbons (Fsp3) is 0.900. The lowest BCUT2D eigenvalue weighted by Gasteiger charge is -2.25. The van der Waals surface area contributed by atoms with Crippen LogP contribution < -0.4 is 10.6 Å². The highest BCUT2D eigenvalue weighted by Gasteiger charge is 2.13. The minimum atomic E-state index is 0.434. The van der Waals surface area contributed by atoms with Crippen molar-refractivity contribution in [3.63, 3.8) is 0 Å². The molecule has 2 N–H and O–H groups in total. The minimum absolute atomic E-state index is 0.434. The first-order valence-electron chi connectivity index (χ1n) is 5.25. The van der Waals surface area contributed by atoms with Crippen molar-refractivity contribution in [2.45, 2.75) is 58.0 Å². The molecule has 3 heteroatoms. The molecule has 1 rings (SSSR count). The molecule has 1 saturated carbocycles. The summed E-state index contributed by atoms with van der Waals surface area (Å²) in [6.45, 7) is 4.21. The van der Waals surface area contributed by atoms with Crippen LogP contribution in [0.1, 0.15) is 46.0 Å². The second-order valence-electron chi connectivity index (χ2n) is 4.11. The minimum Gasteiger partial charge on any atom is -0.361 e. The molecule has 0 aromatic rings. The SMILES string of the molecule is CC(C)NC(=S)NC1CCCCC1. The van der Waals surface area contributed by atoms with E-state index in [9.17, 15) is 0 Å². The molecule has 0 bridgehead atoms. The molecule has 0 unspecified atom stereocenters.